The van der Waals surface area contributed by atoms with Gasteiger partial charge in [0.2, 0.25) is 0 Å². The Labute approximate surface area is 128 Å². The summed E-state index contributed by atoms with van der Waals surface area (Å²) in [7, 11) is 0. The molecule has 1 saturated carbocycles. The summed E-state index contributed by atoms with van der Waals surface area (Å²) in [5.41, 5.74) is 6.04. The highest BCUT2D eigenvalue weighted by atomic mass is 79.9. The van der Waals surface area contributed by atoms with Crippen molar-refractivity contribution < 1.29 is 9.50 Å². The van der Waals surface area contributed by atoms with E-state index in [-0.39, 0.29) is 11.2 Å². The molecule has 1 aliphatic rings. The maximum atomic E-state index is 14.1. The Hall–Kier alpha value is -0.450. The first-order valence-electron chi connectivity index (χ1n) is 7.13. The zero-order chi connectivity index (χ0) is 15.0. The SMILES string of the molecule is CC1(C)CCCC(CN)(Cc2ccc(Br)cc2F)C1O. The fraction of sp³-hybridized carbons (Fsp3) is 0.625. The van der Waals surface area contributed by atoms with Gasteiger partial charge >= 0.3 is 0 Å². The van der Waals surface area contributed by atoms with E-state index >= 15 is 0 Å². The van der Waals surface area contributed by atoms with Gasteiger partial charge in [-0.3, -0.25) is 0 Å². The van der Waals surface area contributed by atoms with E-state index < -0.39 is 11.5 Å². The third-order valence-corrected chi connectivity index (χ3v) is 5.27. The summed E-state index contributed by atoms with van der Waals surface area (Å²) in [6, 6.07) is 5.09. The van der Waals surface area contributed by atoms with Crippen molar-refractivity contribution in [3.05, 3.63) is 34.1 Å². The number of aliphatic hydroxyl groups excluding tert-OH is 1. The third-order valence-electron chi connectivity index (χ3n) is 4.78. The molecule has 2 unspecified atom stereocenters. The van der Waals surface area contributed by atoms with Gasteiger partial charge in [-0.05, 0) is 42.4 Å². The second-order valence-corrected chi connectivity index (χ2v) is 7.64. The van der Waals surface area contributed by atoms with Crippen molar-refractivity contribution >= 4 is 15.9 Å². The fourth-order valence-electron chi connectivity index (χ4n) is 3.51. The van der Waals surface area contributed by atoms with E-state index in [4.69, 9.17) is 5.73 Å². The van der Waals surface area contributed by atoms with Crippen molar-refractivity contribution in [2.75, 3.05) is 6.54 Å². The first kappa shape index (κ1) is 15.9. The van der Waals surface area contributed by atoms with Crippen LogP contribution in [0.4, 0.5) is 4.39 Å². The van der Waals surface area contributed by atoms with E-state index in [0.717, 1.165) is 23.7 Å². The molecule has 0 aliphatic heterocycles. The molecule has 3 N–H and O–H groups in total. The summed E-state index contributed by atoms with van der Waals surface area (Å²) >= 11 is 3.27. The largest absolute Gasteiger partial charge is 0.392 e. The van der Waals surface area contributed by atoms with E-state index in [9.17, 15) is 9.50 Å². The van der Waals surface area contributed by atoms with Gasteiger partial charge in [0.05, 0.1) is 6.10 Å². The van der Waals surface area contributed by atoms with Crippen LogP contribution in [0.25, 0.3) is 0 Å². The van der Waals surface area contributed by atoms with Gasteiger partial charge in [0.1, 0.15) is 5.82 Å². The predicted molar refractivity (Wildman–Crippen MR) is 82.9 cm³/mol. The zero-order valence-corrected chi connectivity index (χ0v) is 13.7. The van der Waals surface area contributed by atoms with Gasteiger partial charge < -0.3 is 10.8 Å². The van der Waals surface area contributed by atoms with Gasteiger partial charge in [0, 0.05) is 16.4 Å². The smallest absolute Gasteiger partial charge is 0.127 e. The number of hydrogen-bond donors (Lipinski definition) is 2. The number of benzene rings is 1. The first-order chi connectivity index (χ1) is 9.31. The highest BCUT2D eigenvalue weighted by Crippen LogP contribution is 2.47. The molecule has 1 fully saturated rings. The lowest BCUT2D eigenvalue weighted by atomic mass is 9.59. The Bertz CT molecular complexity index is 491. The lowest BCUT2D eigenvalue weighted by molar-refractivity contribution is -0.0887. The Morgan fingerprint density at radius 3 is 2.70 bits per heavy atom. The molecule has 0 aromatic heterocycles. The molecule has 2 nitrogen and oxygen atoms in total. The lowest BCUT2D eigenvalue weighted by Gasteiger charge is -2.49. The average Bonchev–Trinajstić information content (AvgIpc) is 2.38. The number of hydrogen-bond acceptors (Lipinski definition) is 2. The zero-order valence-electron chi connectivity index (χ0n) is 12.1. The molecule has 0 bridgehead atoms. The minimum Gasteiger partial charge on any atom is -0.392 e. The number of rotatable bonds is 3. The van der Waals surface area contributed by atoms with E-state index in [1.807, 2.05) is 6.07 Å². The summed E-state index contributed by atoms with van der Waals surface area (Å²) in [5, 5.41) is 10.7. The van der Waals surface area contributed by atoms with Crippen molar-refractivity contribution in [2.24, 2.45) is 16.6 Å². The van der Waals surface area contributed by atoms with Crippen molar-refractivity contribution in [2.45, 2.75) is 45.6 Å². The summed E-state index contributed by atoms with van der Waals surface area (Å²) < 4.78 is 14.8. The molecule has 1 aromatic rings. The Morgan fingerprint density at radius 1 is 1.40 bits per heavy atom. The summed E-state index contributed by atoms with van der Waals surface area (Å²) in [6.45, 7) is 4.52. The molecule has 2 atom stereocenters. The quantitative estimate of drug-likeness (QED) is 0.879. The highest BCUT2D eigenvalue weighted by molar-refractivity contribution is 9.10. The van der Waals surface area contributed by atoms with Crippen molar-refractivity contribution in [3.63, 3.8) is 0 Å². The van der Waals surface area contributed by atoms with Crippen molar-refractivity contribution in [3.8, 4) is 0 Å². The van der Waals surface area contributed by atoms with E-state index in [0.29, 0.717) is 18.5 Å². The van der Waals surface area contributed by atoms with Gasteiger partial charge in [-0.25, -0.2) is 4.39 Å². The number of halogens is 2. The van der Waals surface area contributed by atoms with Crippen LogP contribution >= 0.6 is 15.9 Å². The molecule has 1 aliphatic carbocycles. The Balaban J connectivity index is 2.32. The number of nitrogens with two attached hydrogens (primary N) is 1. The van der Waals surface area contributed by atoms with Gasteiger partial charge in [0.25, 0.3) is 0 Å². The van der Waals surface area contributed by atoms with Gasteiger partial charge in [0.15, 0.2) is 0 Å². The molecular weight excluding hydrogens is 321 g/mol. The minimum absolute atomic E-state index is 0.163. The van der Waals surface area contributed by atoms with Crippen LogP contribution in [-0.2, 0) is 6.42 Å². The molecule has 4 heteroatoms. The second-order valence-electron chi connectivity index (χ2n) is 6.72. The maximum Gasteiger partial charge on any atom is 0.127 e. The van der Waals surface area contributed by atoms with Gasteiger partial charge in [-0.1, -0.05) is 42.3 Å². The van der Waals surface area contributed by atoms with E-state index in [2.05, 4.69) is 29.8 Å². The monoisotopic (exact) mass is 343 g/mol. The van der Waals surface area contributed by atoms with Gasteiger partial charge in [-0.15, -0.1) is 0 Å². The molecular formula is C16H23BrFNO. The molecule has 1 aromatic carbocycles. The lowest BCUT2D eigenvalue weighted by Crippen LogP contribution is -2.53. The standard InChI is InChI=1S/C16H23BrFNO/c1-15(2)6-3-7-16(10-19,14(15)20)9-11-4-5-12(17)8-13(11)18/h4-5,8,14,20H,3,6-7,9-10,19H2,1-2H3. The molecule has 20 heavy (non-hydrogen) atoms. The van der Waals surface area contributed by atoms with Crippen LogP contribution in [0.5, 0.6) is 0 Å². The molecule has 0 amide bonds. The van der Waals surface area contributed by atoms with Crippen LogP contribution in [-0.4, -0.2) is 17.8 Å². The normalized spacial score (nSPS) is 29.4. The van der Waals surface area contributed by atoms with E-state index in [1.54, 1.807) is 6.07 Å². The predicted octanol–water partition coefficient (Wildman–Crippen LogP) is 3.65. The minimum atomic E-state index is -0.503. The molecule has 0 spiro atoms. The Morgan fingerprint density at radius 2 is 2.10 bits per heavy atom. The Kier molecular flexibility index (Phi) is 4.57. The number of aliphatic hydroxyl groups is 1. The molecule has 2 rings (SSSR count). The highest BCUT2D eigenvalue weighted by Gasteiger charge is 2.48. The van der Waals surface area contributed by atoms with Crippen molar-refractivity contribution in [1.29, 1.82) is 0 Å². The van der Waals surface area contributed by atoms with Crippen LogP contribution in [0, 0.1) is 16.6 Å². The van der Waals surface area contributed by atoms with Crippen LogP contribution in [0.2, 0.25) is 0 Å². The van der Waals surface area contributed by atoms with E-state index in [1.165, 1.54) is 6.07 Å². The maximum absolute atomic E-state index is 14.1. The average molecular weight is 344 g/mol. The molecule has 112 valence electrons. The third kappa shape index (κ3) is 2.92. The summed E-state index contributed by atoms with van der Waals surface area (Å²) in [5.74, 6) is -0.234. The second kappa shape index (κ2) is 5.74. The first-order valence-corrected chi connectivity index (χ1v) is 7.92. The van der Waals surface area contributed by atoms with Crippen molar-refractivity contribution in [1.82, 2.24) is 0 Å². The molecule has 0 saturated heterocycles. The topological polar surface area (TPSA) is 46.2 Å². The molecule has 0 radical (unpaired) electrons. The summed E-state index contributed by atoms with van der Waals surface area (Å²) in [6.07, 6.45) is 2.85. The fourth-order valence-corrected chi connectivity index (χ4v) is 3.85. The van der Waals surface area contributed by atoms with Crippen LogP contribution in [0.15, 0.2) is 22.7 Å². The van der Waals surface area contributed by atoms with Crippen LogP contribution in [0.3, 0.4) is 0 Å². The summed E-state index contributed by atoms with van der Waals surface area (Å²) in [4.78, 5) is 0. The molecule has 0 heterocycles. The van der Waals surface area contributed by atoms with Gasteiger partial charge in [-0.2, -0.15) is 0 Å². The van der Waals surface area contributed by atoms with Crippen LogP contribution < -0.4 is 5.73 Å². The van der Waals surface area contributed by atoms with Crippen LogP contribution in [0.1, 0.15) is 38.7 Å².